The molecule has 5 rings (SSSR count). The van der Waals surface area contributed by atoms with Crippen LogP contribution in [0.15, 0.2) is 24.3 Å². The first-order valence-corrected chi connectivity index (χ1v) is 11.5. The van der Waals surface area contributed by atoms with Crippen LogP contribution in [0.25, 0.3) is 0 Å². The molecule has 162 valence electrons. The van der Waals surface area contributed by atoms with Gasteiger partial charge in [-0.15, -0.1) is 0 Å². The maximum atomic E-state index is 14.5. The van der Waals surface area contributed by atoms with Gasteiger partial charge >= 0.3 is 0 Å². The molecule has 0 aromatic heterocycles. The first kappa shape index (κ1) is 20.0. The number of hydrogen-bond donors (Lipinski definition) is 1. The number of nitrogens with one attached hydrogen (secondary N) is 1. The monoisotopic (exact) mass is 414 g/mol. The van der Waals surface area contributed by atoms with Gasteiger partial charge in [-0.1, -0.05) is 25.5 Å². The number of carbonyl (C=O) groups excluding carboxylic acids is 2. The van der Waals surface area contributed by atoms with Gasteiger partial charge < -0.3 is 10.1 Å². The van der Waals surface area contributed by atoms with Crippen molar-refractivity contribution in [1.29, 1.82) is 0 Å². The van der Waals surface area contributed by atoms with Crippen molar-refractivity contribution in [2.45, 2.75) is 76.1 Å². The Labute approximate surface area is 177 Å². The van der Waals surface area contributed by atoms with Gasteiger partial charge in [-0.05, 0) is 74.8 Å². The lowest BCUT2D eigenvalue weighted by atomic mass is 9.83. The van der Waals surface area contributed by atoms with Crippen LogP contribution in [0.3, 0.4) is 0 Å². The number of hydrogen-bond acceptors (Lipinski definition) is 3. The molecule has 6 heteroatoms. The van der Waals surface area contributed by atoms with E-state index in [1.807, 2.05) is 0 Å². The van der Waals surface area contributed by atoms with E-state index in [9.17, 15) is 14.0 Å². The van der Waals surface area contributed by atoms with Gasteiger partial charge in [-0.2, -0.15) is 0 Å². The van der Waals surface area contributed by atoms with E-state index in [1.165, 1.54) is 31.4 Å². The molecule has 4 aliphatic rings. The van der Waals surface area contributed by atoms with Gasteiger partial charge in [0.2, 0.25) is 5.91 Å². The molecule has 2 amide bonds. The summed E-state index contributed by atoms with van der Waals surface area (Å²) in [5.41, 5.74) is -0.790. The minimum atomic E-state index is -0.803. The Balaban J connectivity index is 1.41. The molecular weight excluding hydrogens is 383 g/mol. The Morgan fingerprint density at radius 2 is 1.90 bits per heavy atom. The number of ether oxygens (including phenoxy) is 1. The van der Waals surface area contributed by atoms with Crippen molar-refractivity contribution >= 4 is 11.8 Å². The lowest BCUT2D eigenvalue weighted by Crippen LogP contribution is -2.58. The van der Waals surface area contributed by atoms with Gasteiger partial charge in [0, 0.05) is 6.04 Å². The third-order valence-electron chi connectivity index (χ3n) is 8.01. The molecule has 0 unspecified atom stereocenters. The minimum Gasteiger partial charge on any atom is -0.353 e. The van der Waals surface area contributed by atoms with Crippen LogP contribution in [0.5, 0.6) is 0 Å². The van der Waals surface area contributed by atoms with Crippen LogP contribution >= 0.6 is 0 Å². The summed E-state index contributed by atoms with van der Waals surface area (Å²) in [5, 5.41) is 3.23. The molecule has 1 aromatic carbocycles. The second kappa shape index (κ2) is 7.63. The molecule has 0 radical (unpaired) electrons. The predicted molar refractivity (Wildman–Crippen MR) is 110 cm³/mol. The fraction of sp³-hybridized carbons (Fsp3) is 0.667. The van der Waals surface area contributed by atoms with E-state index in [0.717, 1.165) is 25.2 Å². The summed E-state index contributed by atoms with van der Waals surface area (Å²) < 4.78 is 20.7. The number of nitrogens with zero attached hydrogens (tertiary/aromatic N) is 1. The van der Waals surface area contributed by atoms with Crippen LogP contribution in [-0.2, 0) is 9.53 Å². The maximum absolute atomic E-state index is 14.5. The van der Waals surface area contributed by atoms with E-state index < -0.39 is 23.5 Å². The topological polar surface area (TPSA) is 58.6 Å². The molecule has 1 spiro atoms. The Morgan fingerprint density at radius 3 is 2.57 bits per heavy atom. The Bertz CT molecular complexity index is 835. The third kappa shape index (κ3) is 3.33. The molecule has 1 aromatic rings. The number of rotatable bonds is 3. The summed E-state index contributed by atoms with van der Waals surface area (Å²) in [5.74, 6) is 0.706. The van der Waals surface area contributed by atoms with E-state index in [-0.39, 0.29) is 24.1 Å². The van der Waals surface area contributed by atoms with E-state index in [2.05, 4.69) is 12.2 Å². The molecular formula is C24H31FN2O3. The summed E-state index contributed by atoms with van der Waals surface area (Å²) >= 11 is 0. The van der Waals surface area contributed by atoms with Crippen molar-refractivity contribution < 1.29 is 18.7 Å². The van der Waals surface area contributed by atoms with Crippen LogP contribution in [0.1, 0.15) is 68.6 Å². The number of benzene rings is 1. The molecule has 1 saturated heterocycles. The van der Waals surface area contributed by atoms with Crippen LogP contribution in [-0.4, -0.2) is 41.1 Å². The first-order chi connectivity index (χ1) is 14.5. The highest BCUT2D eigenvalue weighted by Crippen LogP contribution is 2.46. The fourth-order valence-electron chi connectivity index (χ4n) is 6.24. The quantitative estimate of drug-likeness (QED) is 0.817. The van der Waals surface area contributed by atoms with Crippen molar-refractivity contribution in [1.82, 2.24) is 10.2 Å². The van der Waals surface area contributed by atoms with Gasteiger partial charge in [0.05, 0.1) is 12.2 Å². The van der Waals surface area contributed by atoms with Crippen molar-refractivity contribution in [2.75, 3.05) is 6.61 Å². The van der Waals surface area contributed by atoms with Gasteiger partial charge in [0.15, 0.2) is 0 Å². The van der Waals surface area contributed by atoms with Gasteiger partial charge in [-0.3, -0.25) is 14.5 Å². The SMILES string of the molecule is CC1CCC2(CC1)OC[C@@H](C(=O)N[C@H]1C[C@H]3CC[C@H]1C3)N2C(=O)c1ccccc1F. The molecule has 3 saturated carbocycles. The highest BCUT2D eigenvalue weighted by Gasteiger charge is 2.54. The first-order valence-electron chi connectivity index (χ1n) is 11.5. The van der Waals surface area contributed by atoms with Gasteiger partial charge in [0.1, 0.15) is 17.6 Å². The minimum absolute atomic E-state index is 0.0127. The summed E-state index contributed by atoms with van der Waals surface area (Å²) in [7, 11) is 0. The molecule has 30 heavy (non-hydrogen) atoms. The maximum Gasteiger partial charge on any atom is 0.259 e. The van der Waals surface area contributed by atoms with Gasteiger partial charge in [0.25, 0.3) is 5.91 Å². The second-order valence-corrected chi connectivity index (χ2v) is 9.90. The van der Waals surface area contributed by atoms with Crippen molar-refractivity contribution in [2.24, 2.45) is 17.8 Å². The van der Waals surface area contributed by atoms with Crippen molar-refractivity contribution in [3.05, 3.63) is 35.6 Å². The molecule has 1 heterocycles. The smallest absolute Gasteiger partial charge is 0.259 e. The second-order valence-electron chi connectivity index (χ2n) is 9.90. The average molecular weight is 415 g/mol. The number of fused-ring (bicyclic) bond motifs is 2. The average Bonchev–Trinajstić information content (AvgIpc) is 3.45. The third-order valence-corrected chi connectivity index (χ3v) is 8.01. The molecule has 4 atom stereocenters. The van der Waals surface area contributed by atoms with Crippen LogP contribution in [0.2, 0.25) is 0 Å². The lowest BCUT2D eigenvalue weighted by Gasteiger charge is -2.43. The zero-order valence-electron chi connectivity index (χ0n) is 17.6. The largest absolute Gasteiger partial charge is 0.353 e. The summed E-state index contributed by atoms with van der Waals surface area (Å²) in [6.45, 7) is 2.38. The predicted octanol–water partition coefficient (Wildman–Crippen LogP) is 3.88. The van der Waals surface area contributed by atoms with Crippen molar-refractivity contribution in [3.8, 4) is 0 Å². The summed E-state index contributed by atoms with van der Waals surface area (Å²) in [6.07, 6.45) is 7.92. The van der Waals surface area contributed by atoms with Crippen LogP contribution in [0, 0.1) is 23.6 Å². The summed E-state index contributed by atoms with van der Waals surface area (Å²) in [6, 6.07) is 5.52. The molecule has 1 aliphatic heterocycles. The molecule has 2 bridgehead atoms. The van der Waals surface area contributed by atoms with E-state index >= 15 is 0 Å². The summed E-state index contributed by atoms with van der Waals surface area (Å²) in [4.78, 5) is 28.4. The zero-order valence-corrected chi connectivity index (χ0v) is 17.6. The van der Waals surface area contributed by atoms with Crippen LogP contribution in [0.4, 0.5) is 4.39 Å². The number of carbonyl (C=O) groups is 2. The van der Waals surface area contributed by atoms with Crippen LogP contribution < -0.4 is 5.32 Å². The number of halogens is 1. The highest BCUT2D eigenvalue weighted by molar-refractivity contribution is 5.98. The van der Waals surface area contributed by atoms with E-state index in [1.54, 1.807) is 17.0 Å². The Hall–Kier alpha value is -1.95. The Kier molecular flexibility index (Phi) is 5.08. The van der Waals surface area contributed by atoms with E-state index in [4.69, 9.17) is 4.74 Å². The molecule has 3 aliphatic carbocycles. The van der Waals surface area contributed by atoms with E-state index in [0.29, 0.717) is 24.7 Å². The zero-order chi connectivity index (χ0) is 20.9. The number of amides is 2. The van der Waals surface area contributed by atoms with Gasteiger partial charge in [-0.25, -0.2) is 4.39 Å². The normalized spacial score (nSPS) is 37.7. The molecule has 1 N–H and O–H groups in total. The fourth-order valence-corrected chi connectivity index (χ4v) is 6.24. The molecule has 4 fully saturated rings. The lowest BCUT2D eigenvalue weighted by molar-refractivity contribution is -0.128. The Morgan fingerprint density at radius 1 is 1.13 bits per heavy atom. The highest BCUT2D eigenvalue weighted by atomic mass is 19.1. The van der Waals surface area contributed by atoms with Crippen molar-refractivity contribution in [3.63, 3.8) is 0 Å². The standard InChI is InChI=1S/C24H31FN2O3/c1-15-8-10-24(11-9-15)27(23(29)18-4-2-3-5-19(18)25)21(14-30-24)22(28)26-20-13-16-6-7-17(20)12-16/h2-5,15-17,20-21H,6-14H2,1H3,(H,26,28)/t15?,16-,17-,20-,21-,24?/m0/s1. The molecule has 5 nitrogen and oxygen atoms in total.